The number of piperidine rings is 1. The van der Waals surface area contributed by atoms with Crippen molar-refractivity contribution in [3.8, 4) is 28.4 Å². The maximum absolute atomic E-state index is 5.59. The number of anilines is 1. The fourth-order valence-corrected chi connectivity index (χ4v) is 4.49. The Morgan fingerprint density at radius 1 is 1.19 bits per heavy atom. The van der Waals surface area contributed by atoms with Crippen LogP contribution in [0.2, 0.25) is 0 Å². The van der Waals surface area contributed by atoms with Crippen LogP contribution in [0, 0.1) is 0 Å². The fraction of sp³-hybridized carbons (Fsp3) is 0.348. The topological polar surface area (TPSA) is 76.4 Å². The van der Waals surface area contributed by atoms with E-state index in [-0.39, 0.29) is 0 Å². The number of nitrogens with zero attached hydrogens (tertiary/aromatic N) is 4. The summed E-state index contributed by atoms with van der Waals surface area (Å²) < 4.78 is 7.67. The van der Waals surface area contributed by atoms with Gasteiger partial charge in [0.25, 0.3) is 0 Å². The number of hydrogen-bond donors (Lipinski definition) is 2. The average Bonchev–Trinajstić information content (AvgIpc) is 3.42. The van der Waals surface area contributed by atoms with Crippen molar-refractivity contribution in [3.05, 3.63) is 48.1 Å². The third-order valence-electron chi connectivity index (χ3n) is 5.15. The minimum Gasteiger partial charge on any atom is -0.496 e. The van der Waals surface area contributed by atoms with Crippen molar-refractivity contribution in [2.45, 2.75) is 32.7 Å². The Bertz CT molecular complexity index is 1130. The molecule has 7 nitrogen and oxygen atoms in total. The lowest BCUT2D eigenvalue weighted by Crippen LogP contribution is -2.38. The van der Waals surface area contributed by atoms with E-state index in [1.54, 1.807) is 24.6 Å². The van der Waals surface area contributed by atoms with Gasteiger partial charge in [-0.2, -0.15) is 0 Å². The number of methoxy groups -OCH3 is 1. The van der Waals surface area contributed by atoms with Gasteiger partial charge in [0, 0.05) is 35.9 Å². The van der Waals surface area contributed by atoms with Gasteiger partial charge in [0.05, 0.1) is 12.8 Å². The number of aromatic nitrogens is 4. The molecule has 0 amide bonds. The largest absolute Gasteiger partial charge is 0.496 e. The van der Waals surface area contributed by atoms with Crippen molar-refractivity contribution < 1.29 is 4.74 Å². The molecule has 162 valence electrons. The first-order valence-electron chi connectivity index (χ1n) is 10.7. The van der Waals surface area contributed by atoms with E-state index in [9.17, 15) is 0 Å². The van der Waals surface area contributed by atoms with Crippen molar-refractivity contribution in [2.75, 3.05) is 25.5 Å². The lowest BCUT2D eigenvalue weighted by atomic mass is 10.1. The molecule has 1 aliphatic rings. The molecule has 1 unspecified atom stereocenters. The van der Waals surface area contributed by atoms with Crippen molar-refractivity contribution in [1.82, 2.24) is 24.7 Å². The molecule has 8 heteroatoms. The molecule has 5 rings (SSSR count). The molecule has 4 heterocycles. The first kappa shape index (κ1) is 21.3. The molecule has 0 spiro atoms. The van der Waals surface area contributed by atoms with Crippen LogP contribution in [0.1, 0.15) is 26.7 Å². The van der Waals surface area contributed by atoms with Crippen LogP contribution in [0.4, 0.5) is 5.95 Å². The van der Waals surface area contributed by atoms with E-state index in [0.29, 0.717) is 12.0 Å². The van der Waals surface area contributed by atoms with Gasteiger partial charge in [-0.05, 0) is 37.6 Å². The highest BCUT2D eigenvalue weighted by atomic mass is 32.1. The SMILES string of the molecule is CC.COc1ccccc1-c1nc2sccn2c1-c1ccnc(NC2CCCNC2)n1. The van der Waals surface area contributed by atoms with Crippen LogP contribution >= 0.6 is 11.3 Å². The number of nitrogens with one attached hydrogen (secondary N) is 2. The maximum atomic E-state index is 5.59. The predicted octanol–water partition coefficient (Wildman–Crippen LogP) is 4.72. The number of rotatable bonds is 5. The molecular weight excluding hydrogens is 408 g/mol. The second-order valence-corrected chi connectivity index (χ2v) is 7.89. The first-order valence-corrected chi connectivity index (χ1v) is 11.6. The Kier molecular flexibility index (Phi) is 6.79. The summed E-state index contributed by atoms with van der Waals surface area (Å²) in [5, 5.41) is 8.92. The second kappa shape index (κ2) is 9.89. The molecule has 4 aromatic rings. The van der Waals surface area contributed by atoms with Gasteiger partial charge in [-0.3, -0.25) is 4.40 Å². The van der Waals surface area contributed by atoms with Gasteiger partial charge >= 0.3 is 0 Å². The van der Waals surface area contributed by atoms with E-state index in [2.05, 4.69) is 20.0 Å². The van der Waals surface area contributed by atoms with Gasteiger partial charge in [0.15, 0.2) is 4.96 Å². The minimum absolute atomic E-state index is 0.347. The van der Waals surface area contributed by atoms with Crippen LogP contribution in [0.15, 0.2) is 48.1 Å². The number of para-hydroxylation sites is 1. The summed E-state index contributed by atoms with van der Waals surface area (Å²) in [6, 6.07) is 10.2. The Balaban J connectivity index is 0.00000112. The summed E-state index contributed by atoms with van der Waals surface area (Å²) in [6.07, 6.45) is 6.11. The lowest BCUT2D eigenvalue weighted by molar-refractivity contribution is 0.416. The van der Waals surface area contributed by atoms with Crippen molar-refractivity contribution >= 4 is 22.2 Å². The van der Waals surface area contributed by atoms with Crippen LogP contribution in [0.25, 0.3) is 27.6 Å². The third-order valence-corrected chi connectivity index (χ3v) is 5.91. The molecule has 1 aromatic carbocycles. The summed E-state index contributed by atoms with van der Waals surface area (Å²) >= 11 is 1.60. The van der Waals surface area contributed by atoms with E-state index < -0.39 is 0 Å². The number of benzene rings is 1. The zero-order chi connectivity index (χ0) is 21.6. The number of thiazole rings is 1. The monoisotopic (exact) mass is 436 g/mol. The molecular formula is C23H28N6OS. The standard InChI is InChI=1S/C21H22N6OS.C2H6/c1-28-17-7-3-2-6-15(17)18-19(27-11-12-29-21(27)26-18)16-8-10-23-20(25-16)24-14-5-4-9-22-13-14;1-2/h2-3,6-8,10-12,14,22H,4-5,9,13H2,1H3,(H,23,24,25);1-2H3. The van der Waals surface area contributed by atoms with E-state index in [4.69, 9.17) is 14.7 Å². The molecule has 1 saturated heterocycles. The fourth-order valence-electron chi connectivity index (χ4n) is 3.78. The Hall–Kier alpha value is -2.97. The predicted molar refractivity (Wildman–Crippen MR) is 127 cm³/mol. The molecule has 31 heavy (non-hydrogen) atoms. The van der Waals surface area contributed by atoms with Gasteiger partial charge in [-0.25, -0.2) is 15.0 Å². The van der Waals surface area contributed by atoms with Gasteiger partial charge < -0.3 is 15.4 Å². The van der Waals surface area contributed by atoms with Gasteiger partial charge in [-0.15, -0.1) is 11.3 Å². The summed E-state index contributed by atoms with van der Waals surface area (Å²) in [5.74, 6) is 1.44. The smallest absolute Gasteiger partial charge is 0.223 e. The highest BCUT2D eigenvalue weighted by molar-refractivity contribution is 7.15. The minimum atomic E-state index is 0.347. The highest BCUT2D eigenvalue weighted by Crippen LogP contribution is 2.37. The normalized spacial score (nSPS) is 15.9. The molecule has 1 atom stereocenters. The van der Waals surface area contributed by atoms with Gasteiger partial charge in [-0.1, -0.05) is 26.0 Å². The third kappa shape index (κ3) is 4.40. The van der Waals surface area contributed by atoms with E-state index in [1.807, 2.05) is 55.8 Å². The Morgan fingerprint density at radius 2 is 2.06 bits per heavy atom. The van der Waals surface area contributed by atoms with Crippen molar-refractivity contribution in [1.29, 1.82) is 0 Å². The molecule has 2 N–H and O–H groups in total. The number of imidazole rings is 1. The second-order valence-electron chi connectivity index (χ2n) is 7.02. The number of hydrogen-bond acceptors (Lipinski definition) is 7. The summed E-state index contributed by atoms with van der Waals surface area (Å²) in [5.41, 5.74) is 3.58. The van der Waals surface area contributed by atoms with Crippen molar-refractivity contribution in [3.63, 3.8) is 0 Å². The number of ether oxygens (including phenoxy) is 1. The van der Waals surface area contributed by atoms with E-state index in [0.717, 1.165) is 59.3 Å². The molecule has 0 radical (unpaired) electrons. The molecule has 1 aliphatic heterocycles. The van der Waals surface area contributed by atoms with E-state index in [1.165, 1.54) is 0 Å². The molecule has 1 fully saturated rings. The lowest BCUT2D eigenvalue weighted by Gasteiger charge is -2.23. The zero-order valence-corrected chi connectivity index (χ0v) is 18.9. The van der Waals surface area contributed by atoms with Crippen LogP contribution in [0.5, 0.6) is 5.75 Å². The Morgan fingerprint density at radius 3 is 2.87 bits per heavy atom. The van der Waals surface area contributed by atoms with E-state index >= 15 is 0 Å². The van der Waals surface area contributed by atoms with Crippen LogP contribution in [0.3, 0.4) is 0 Å². The molecule has 3 aromatic heterocycles. The quantitative estimate of drug-likeness (QED) is 0.471. The number of fused-ring (bicyclic) bond motifs is 1. The molecule has 0 bridgehead atoms. The van der Waals surface area contributed by atoms with Crippen LogP contribution in [-0.4, -0.2) is 45.6 Å². The van der Waals surface area contributed by atoms with Crippen LogP contribution in [-0.2, 0) is 0 Å². The Labute approximate surface area is 186 Å². The van der Waals surface area contributed by atoms with Crippen molar-refractivity contribution in [2.24, 2.45) is 0 Å². The summed E-state index contributed by atoms with van der Waals surface area (Å²) in [7, 11) is 1.68. The van der Waals surface area contributed by atoms with Gasteiger partial charge in [0.2, 0.25) is 5.95 Å². The average molecular weight is 437 g/mol. The molecule has 0 aliphatic carbocycles. The zero-order valence-electron chi connectivity index (χ0n) is 18.1. The summed E-state index contributed by atoms with van der Waals surface area (Å²) in [4.78, 5) is 15.1. The summed E-state index contributed by atoms with van der Waals surface area (Å²) in [6.45, 7) is 6.01. The maximum Gasteiger partial charge on any atom is 0.223 e. The van der Waals surface area contributed by atoms with Crippen LogP contribution < -0.4 is 15.4 Å². The first-order chi connectivity index (χ1) is 15.3. The van der Waals surface area contributed by atoms with Gasteiger partial charge in [0.1, 0.15) is 17.1 Å². The molecule has 0 saturated carbocycles. The highest BCUT2D eigenvalue weighted by Gasteiger charge is 2.21.